The summed E-state index contributed by atoms with van der Waals surface area (Å²) < 4.78 is 19.3. The van der Waals surface area contributed by atoms with Crippen LogP contribution in [0.3, 0.4) is 0 Å². The molecule has 0 radical (unpaired) electrons. The van der Waals surface area contributed by atoms with Crippen molar-refractivity contribution in [2.24, 2.45) is 4.99 Å². The molecule has 508 valence electrons. The van der Waals surface area contributed by atoms with Gasteiger partial charge in [-0.1, -0.05) is 90.5 Å². The standard InChI is InChI=1S/C14H16ClN3O3.C14H12N4O.C13H13N3O.C13H15N3O.C11H12N2O.C7H13N3/c1-8-12(14(20)17(2)3)16-18(13(8)19)9-5-6-10(15)11(7-9)21-4;1-10-12(11-6-3-2-4-7-11)17-18(13(10)19)14-15-8-5-9-16-14;1-8-4-5-9(2)12(6-8)16-13(17)10(3)11(7-14)15-16;1-10-11(2)15-16(13(10)14-9-17-3)12-7-5-4-6-8-12;1-8-9(2)12-13(11(8)14)10-6-4-3-5-7-10;1-4-10-7(8)5(2)6(3)9-10/h5-7,16H,1-4H3;2-9,17H,1H3;4-6,15H,1-3H3;4-9H,1-3H3;3-7,12H,1-2H3;4,8H2,1-3H3. The number of nitrogens with one attached hydrogen (secondary N) is 4. The topological polar surface area (TPSA) is 314 Å². The average molecular weight is 1350 g/mol. The number of anilines is 1. The number of nitrogens with two attached hydrogens (primary N) is 1. The van der Waals surface area contributed by atoms with Crippen molar-refractivity contribution in [2.45, 2.75) is 89.6 Å². The van der Waals surface area contributed by atoms with Crippen molar-refractivity contribution in [3.05, 3.63) is 265 Å². The van der Waals surface area contributed by atoms with Crippen molar-refractivity contribution >= 4 is 35.5 Å². The molecule has 5 aromatic carbocycles. The Bertz CT molecular complexity index is 5020. The van der Waals surface area contributed by atoms with E-state index in [1.165, 1.54) is 32.5 Å². The largest absolute Gasteiger partial charge is 0.495 e. The number of rotatable bonds is 11. The molecular weight excluding hydrogens is 1260 g/mol. The first kappa shape index (κ1) is 73.4. The van der Waals surface area contributed by atoms with Gasteiger partial charge in [0.15, 0.2) is 12.2 Å². The molecular formula is C72H81ClN18O7. The van der Waals surface area contributed by atoms with E-state index in [4.69, 9.17) is 32.1 Å². The summed E-state index contributed by atoms with van der Waals surface area (Å²) in [5.74, 6) is 2.13. The molecule has 0 fully saturated rings. The van der Waals surface area contributed by atoms with Crippen molar-refractivity contribution < 1.29 is 14.3 Å². The number of para-hydroxylation sites is 2. The number of hydrogen-bond donors (Lipinski definition) is 5. The fraction of sp³-hybridized carbons (Fsp3) is 0.236. The van der Waals surface area contributed by atoms with Gasteiger partial charge < -0.3 is 20.1 Å². The molecule has 25 nitrogen and oxygen atoms in total. The van der Waals surface area contributed by atoms with Crippen LogP contribution in [-0.4, -0.2) is 114 Å². The maximum absolute atomic E-state index is 12.3. The summed E-state index contributed by atoms with van der Waals surface area (Å²) in [6.45, 7) is 23.5. The quantitative estimate of drug-likeness (QED) is 0.0595. The van der Waals surface area contributed by atoms with Gasteiger partial charge in [0.05, 0.1) is 64.6 Å². The Kier molecular flexibility index (Phi) is 25.0. The van der Waals surface area contributed by atoms with E-state index in [1.807, 2.05) is 187 Å². The summed E-state index contributed by atoms with van der Waals surface area (Å²) in [6, 6.07) is 43.7. The number of aryl methyl sites for hydroxylation is 6. The molecule has 1 amide bonds. The van der Waals surface area contributed by atoms with Gasteiger partial charge in [-0.2, -0.15) is 20.1 Å². The minimum absolute atomic E-state index is 0.0219. The Morgan fingerprint density at radius 2 is 1.19 bits per heavy atom. The Balaban J connectivity index is 0.000000167. The second-order valence-electron chi connectivity index (χ2n) is 22.6. The lowest BCUT2D eigenvalue weighted by Crippen LogP contribution is -2.23. The van der Waals surface area contributed by atoms with Gasteiger partial charge in [-0.15, -0.1) is 0 Å². The molecule has 0 aliphatic heterocycles. The number of aromatic nitrogens is 14. The molecule has 0 aliphatic rings. The van der Waals surface area contributed by atoms with Gasteiger partial charge in [-0.05, 0) is 148 Å². The zero-order valence-corrected chi connectivity index (χ0v) is 58.5. The van der Waals surface area contributed by atoms with Crippen LogP contribution in [-0.2, 0) is 11.3 Å². The van der Waals surface area contributed by atoms with Gasteiger partial charge >= 0.3 is 0 Å². The van der Waals surface area contributed by atoms with Gasteiger partial charge in [-0.3, -0.25) is 44.4 Å². The smallest absolute Gasteiger partial charge is 0.277 e. The molecule has 0 saturated heterocycles. The molecule has 98 heavy (non-hydrogen) atoms. The van der Waals surface area contributed by atoms with Crippen LogP contribution in [0.1, 0.15) is 84.7 Å². The normalized spacial score (nSPS) is 10.5. The van der Waals surface area contributed by atoms with Gasteiger partial charge in [0.25, 0.3) is 34.1 Å². The SMILES string of the molecule is CCn1nc(C)c(C)c1N.COC=Nc1c(C)c(C)nn1-c1ccccc1.COc1cc(-n2[nH]c(C(=O)N(C)C)c(C)c2=O)ccc1Cl.Cc1[nH]n(-c2ccccc2)c(=O)c1C.Cc1c(-c2ccccc2)[nH]n(-c2ncccn2)c1=O.Cc1ccc(C)c(-n2[nH]c(C#N)c(C)c2=O)c1. The van der Waals surface area contributed by atoms with Crippen LogP contribution in [0.4, 0.5) is 11.6 Å². The number of nitrogens with zero attached hydrogens (tertiary/aromatic N) is 13. The molecule has 7 aromatic heterocycles. The summed E-state index contributed by atoms with van der Waals surface area (Å²) in [6.07, 6.45) is 4.63. The zero-order valence-electron chi connectivity index (χ0n) is 57.8. The van der Waals surface area contributed by atoms with E-state index in [0.717, 1.165) is 91.4 Å². The molecule has 0 unspecified atom stereocenters. The fourth-order valence-electron chi connectivity index (χ4n) is 9.55. The van der Waals surface area contributed by atoms with Crippen molar-refractivity contribution in [2.75, 3.05) is 34.0 Å². The molecule has 12 aromatic rings. The Morgan fingerprint density at radius 3 is 1.72 bits per heavy atom. The van der Waals surface area contributed by atoms with Gasteiger partial charge in [0, 0.05) is 72.6 Å². The molecule has 7 heterocycles. The number of H-pyrrole nitrogens is 4. The van der Waals surface area contributed by atoms with Gasteiger partial charge in [-0.25, -0.2) is 38.4 Å². The number of aromatic amines is 4. The minimum Gasteiger partial charge on any atom is -0.495 e. The first-order valence-electron chi connectivity index (χ1n) is 30.9. The molecule has 0 bridgehead atoms. The van der Waals surface area contributed by atoms with Crippen molar-refractivity contribution in [1.82, 2.24) is 73.6 Å². The molecule has 0 saturated carbocycles. The number of halogens is 1. The summed E-state index contributed by atoms with van der Waals surface area (Å²) in [5, 5.41) is 29.8. The van der Waals surface area contributed by atoms with E-state index in [9.17, 15) is 24.0 Å². The second kappa shape index (κ2) is 33.4. The summed E-state index contributed by atoms with van der Waals surface area (Å²) in [7, 11) is 6.33. The highest BCUT2D eigenvalue weighted by molar-refractivity contribution is 6.32. The zero-order chi connectivity index (χ0) is 71.7. The first-order chi connectivity index (χ1) is 46.8. The average Bonchev–Trinajstić information content (AvgIpc) is 1.67. The Morgan fingerprint density at radius 1 is 0.622 bits per heavy atom. The lowest BCUT2D eigenvalue weighted by molar-refractivity contribution is 0.0820. The fourth-order valence-corrected chi connectivity index (χ4v) is 9.75. The number of benzene rings is 5. The minimum atomic E-state index is -0.287. The maximum atomic E-state index is 12.3. The van der Waals surface area contributed by atoms with E-state index < -0.39 is 0 Å². The molecule has 26 heteroatoms. The number of carbonyl (C=O) groups excluding carboxylic acids is 1. The van der Waals surface area contributed by atoms with Crippen LogP contribution in [0.2, 0.25) is 5.02 Å². The summed E-state index contributed by atoms with van der Waals surface area (Å²) >= 11 is 5.97. The molecule has 0 aliphatic carbocycles. The third-order valence-electron chi connectivity index (χ3n) is 15.7. The highest BCUT2D eigenvalue weighted by Gasteiger charge is 2.21. The summed E-state index contributed by atoms with van der Waals surface area (Å²) in [4.78, 5) is 74.1. The number of nitriles is 1. The number of carbonyl (C=O) groups is 1. The lowest BCUT2D eigenvalue weighted by Gasteiger charge is -2.09. The molecule has 12 rings (SSSR count). The Labute approximate surface area is 571 Å². The predicted molar refractivity (Wildman–Crippen MR) is 384 cm³/mol. The second-order valence-corrected chi connectivity index (χ2v) is 23.0. The van der Waals surface area contributed by atoms with Gasteiger partial charge in [0.2, 0.25) is 0 Å². The number of ether oxygens (including phenoxy) is 2. The van der Waals surface area contributed by atoms with Gasteiger partial charge in [0.1, 0.15) is 29.0 Å². The van der Waals surface area contributed by atoms with Crippen LogP contribution in [0.5, 0.6) is 5.75 Å². The molecule has 0 spiro atoms. The number of hydrogen-bond acceptors (Lipinski definition) is 14. The van der Waals surface area contributed by atoms with Crippen LogP contribution in [0, 0.1) is 87.5 Å². The van der Waals surface area contributed by atoms with Crippen molar-refractivity contribution in [3.8, 4) is 51.8 Å². The monoisotopic (exact) mass is 1340 g/mol. The lowest BCUT2D eigenvalue weighted by atomic mass is 10.1. The van der Waals surface area contributed by atoms with E-state index in [2.05, 4.69) is 45.6 Å². The van der Waals surface area contributed by atoms with E-state index in [1.54, 1.807) is 83.3 Å². The van der Waals surface area contributed by atoms with E-state index in [-0.39, 0.29) is 33.8 Å². The highest BCUT2D eigenvalue weighted by Crippen LogP contribution is 2.28. The Hall–Kier alpha value is -12.0. The van der Waals surface area contributed by atoms with E-state index >= 15 is 0 Å². The van der Waals surface area contributed by atoms with Crippen LogP contribution in [0.25, 0.3) is 40.0 Å². The third kappa shape index (κ3) is 17.1. The summed E-state index contributed by atoms with van der Waals surface area (Å²) in [5.41, 5.74) is 20.0. The number of methoxy groups -OCH3 is 2. The van der Waals surface area contributed by atoms with Crippen LogP contribution >= 0.6 is 11.6 Å². The van der Waals surface area contributed by atoms with Crippen LogP contribution < -0.4 is 32.7 Å². The first-order valence-corrected chi connectivity index (χ1v) is 31.3. The van der Waals surface area contributed by atoms with Crippen molar-refractivity contribution in [1.29, 1.82) is 5.26 Å². The highest BCUT2D eigenvalue weighted by atomic mass is 35.5. The maximum Gasteiger partial charge on any atom is 0.277 e. The van der Waals surface area contributed by atoms with Crippen molar-refractivity contribution in [3.63, 3.8) is 0 Å². The van der Waals surface area contributed by atoms with E-state index in [0.29, 0.717) is 44.8 Å². The third-order valence-corrected chi connectivity index (χ3v) is 16.0. The van der Waals surface area contributed by atoms with Crippen LogP contribution in [0.15, 0.2) is 170 Å². The molecule has 0 atom stereocenters. The number of aliphatic imine (C=N–C) groups is 1. The number of nitrogen functional groups attached to an aromatic ring is 1. The number of amides is 1. The molecule has 6 N–H and O–H groups in total. The predicted octanol–water partition coefficient (Wildman–Crippen LogP) is 11.4.